The lowest BCUT2D eigenvalue weighted by Gasteiger charge is -2.16. The Morgan fingerprint density at radius 1 is 1.12 bits per heavy atom. The van der Waals surface area contributed by atoms with Gasteiger partial charge >= 0.3 is 0 Å². The highest BCUT2D eigenvalue weighted by Gasteiger charge is 2.29. The first-order chi connectivity index (χ1) is 15.6. The van der Waals surface area contributed by atoms with Crippen molar-refractivity contribution in [2.45, 2.75) is 33.1 Å². The van der Waals surface area contributed by atoms with E-state index in [1.165, 1.54) is 11.1 Å². The van der Waals surface area contributed by atoms with Gasteiger partial charge < -0.3 is 20.3 Å². The average molecular weight is 565 g/mol. The molecule has 1 aliphatic heterocycles. The summed E-state index contributed by atoms with van der Waals surface area (Å²) in [5.41, 5.74) is 3.64. The molecule has 180 valence electrons. The van der Waals surface area contributed by atoms with Crippen molar-refractivity contribution in [3.63, 3.8) is 0 Å². The number of nitrogens with one attached hydrogen (secondary N) is 2. The van der Waals surface area contributed by atoms with Gasteiger partial charge in [0.1, 0.15) is 5.75 Å². The summed E-state index contributed by atoms with van der Waals surface area (Å²) in [6.45, 7) is 7.92. The van der Waals surface area contributed by atoms with Gasteiger partial charge in [-0.25, -0.2) is 0 Å². The molecule has 2 N–H and O–H groups in total. The molecule has 0 aromatic heterocycles. The zero-order chi connectivity index (χ0) is 22.8. The highest BCUT2D eigenvalue weighted by Crippen LogP contribution is 2.20. The van der Waals surface area contributed by atoms with Crippen LogP contribution in [0.5, 0.6) is 5.75 Å². The van der Waals surface area contributed by atoms with Crippen molar-refractivity contribution in [1.82, 2.24) is 15.5 Å². The fourth-order valence-corrected chi connectivity index (χ4v) is 4.01. The fraction of sp³-hybridized carbons (Fsp3) is 0.462. The number of carbonyl (C=O) groups is 1. The summed E-state index contributed by atoms with van der Waals surface area (Å²) in [6, 6.07) is 16.7. The molecule has 1 saturated heterocycles. The van der Waals surface area contributed by atoms with Crippen molar-refractivity contribution >= 4 is 35.8 Å². The quantitative estimate of drug-likeness (QED) is 0.262. The number of nitrogens with zero attached hydrogens (tertiary/aromatic N) is 2. The molecular formula is C26H37IN4O2. The molecular weight excluding hydrogens is 527 g/mol. The zero-order valence-corrected chi connectivity index (χ0v) is 22.3. The number of hydrogen-bond acceptors (Lipinski definition) is 3. The standard InChI is InChI=1S/C26H36N4O2.HI/c1-4-27-26(28-14-12-22-11-10-20(2)24(16-22)32-3)29-18-23-17-25(31)30(19-23)15-13-21-8-6-5-7-9-21;/h5-11,16,23H,4,12-15,17-19H2,1-3H3,(H2,27,28,29);1H. The highest BCUT2D eigenvalue weighted by molar-refractivity contribution is 14.0. The summed E-state index contributed by atoms with van der Waals surface area (Å²) in [4.78, 5) is 19.2. The third kappa shape index (κ3) is 8.53. The van der Waals surface area contributed by atoms with Gasteiger partial charge in [0.15, 0.2) is 5.96 Å². The van der Waals surface area contributed by atoms with Crippen LogP contribution in [0.1, 0.15) is 30.0 Å². The molecule has 0 bridgehead atoms. The first kappa shape index (κ1) is 27.0. The number of halogens is 1. The van der Waals surface area contributed by atoms with Gasteiger partial charge in [0.2, 0.25) is 5.91 Å². The number of aryl methyl sites for hydroxylation is 1. The maximum atomic E-state index is 12.4. The van der Waals surface area contributed by atoms with E-state index in [4.69, 9.17) is 9.73 Å². The fourth-order valence-electron chi connectivity index (χ4n) is 4.01. The first-order valence-corrected chi connectivity index (χ1v) is 11.6. The van der Waals surface area contributed by atoms with Crippen LogP contribution in [0.25, 0.3) is 0 Å². The summed E-state index contributed by atoms with van der Waals surface area (Å²) in [7, 11) is 1.71. The molecule has 1 aliphatic rings. The summed E-state index contributed by atoms with van der Waals surface area (Å²) in [5, 5.41) is 6.72. The number of methoxy groups -OCH3 is 1. The molecule has 2 aromatic rings. The normalized spacial score (nSPS) is 15.8. The second-order valence-corrected chi connectivity index (χ2v) is 8.35. The molecule has 7 heteroatoms. The van der Waals surface area contributed by atoms with Gasteiger partial charge in [0.05, 0.1) is 7.11 Å². The maximum absolute atomic E-state index is 12.4. The Kier molecular flexibility index (Phi) is 11.5. The third-order valence-corrected chi connectivity index (χ3v) is 5.84. The van der Waals surface area contributed by atoms with Crippen LogP contribution in [0.4, 0.5) is 0 Å². The van der Waals surface area contributed by atoms with Gasteiger partial charge in [0, 0.05) is 45.1 Å². The molecule has 1 atom stereocenters. The van der Waals surface area contributed by atoms with Crippen LogP contribution in [-0.2, 0) is 17.6 Å². The minimum Gasteiger partial charge on any atom is -0.496 e. The largest absolute Gasteiger partial charge is 0.496 e. The lowest BCUT2D eigenvalue weighted by molar-refractivity contribution is -0.127. The van der Waals surface area contributed by atoms with Gasteiger partial charge in [-0.2, -0.15) is 0 Å². The number of aliphatic imine (C=N–C) groups is 1. The first-order valence-electron chi connectivity index (χ1n) is 11.6. The molecule has 33 heavy (non-hydrogen) atoms. The van der Waals surface area contributed by atoms with E-state index in [1.807, 2.05) is 30.0 Å². The van der Waals surface area contributed by atoms with Crippen molar-refractivity contribution in [2.75, 3.05) is 39.8 Å². The number of ether oxygens (including phenoxy) is 1. The molecule has 3 rings (SSSR count). The van der Waals surface area contributed by atoms with E-state index in [0.717, 1.165) is 56.3 Å². The topological polar surface area (TPSA) is 66.0 Å². The van der Waals surface area contributed by atoms with E-state index in [-0.39, 0.29) is 35.8 Å². The van der Waals surface area contributed by atoms with Gasteiger partial charge in [-0.1, -0.05) is 42.5 Å². The van der Waals surface area contributed by atoms with Crippen LogP contribution in [-0.4, -0.2) is 56.6 Å². The van der Waals surface area contributed by atoms with Crippen LogP contribution in [0.3, 0.4) is 0 Å². The van der Waals surface area contributed by atoms with E-state index < -0.39 is 0 Å². The van der Waals surface area contributed by atoms with E-state index in [9.17, 15) is 4.79 Å². The van der Waals surface area contributed by atoms with Crippen molar-refractivity contribution in [2.24, 2.45) is 10.9 Å². The van der Waals surface area contributed by atoms with E-state index >= 15 is 0 Å². The summed E-state index contributed by atoms with van der Waals surface area (Å²) in [6.07, 6.45) is 2.37. The lowest BCUT2D eigenvalue weighted by atomic mass is 10.1. The molecule has 0 saturated carbocycles. The van der Waals surface area contributed by atoms with Crippen molar-refractivity contribution in [1.29, 1.82) is 0 Å². The number of amides is 1. The number of hydrogen-bond donors (Lipinski definition) is 2. The average Bonchev–Trinajstić information content (AvgIpc) is 3.17. The van der Waals surface area contributed by atoms with Crippen LogP contribution in [0, 0.1) is 12.8 Å². The molecule has 0 radical (unpaired) electrons. The predicted molar refractivity (Wildman–Crippen MR) is 146 cm³/mol. The number of rotatable bonds is 10. The van der Waals surface area contributed by atoms with Crippen LogP contribution < -0.4 is 15.4 Å². The van der Waals surface area contributed by atoms with Crippen molar-refractivity contribution in [3.8, 4) is 5.75 Å². The number of likely N-dealkylation sites (tertiary alicyclic amines) is 1. The molecule has 1 heterocycles. The molecule has 1 fully saturated rings. The molecule has 2 aromatic carbocycles. The number of benzene rings is 2. The minimum atomic E-state index is 0. The van der Waals surface area contributed by atoms with Gasteiger partial charge in [-0.05, 0) is 49.4 Å². The summed E-state index contributed by atoms with van der Waals surface area (Å²) in [5.74, 6) is 2.25. The van der Waals surface area contributed by atoms with Crippen LogP contribution in [0.2, 0.25) is 0 Å². The second-order valence-electron chi connectivity index (χ2n) is 8.35. The van der Waals surface area contributed by atoms with Gasteiger partial charge in [-0.15, -0.1) is 24.0 Å². The van der Waals surface area contributed by atoms with Crippen molar-refractivity contribution in [3.05, 3.63) is 65.2 Å². The second kappa shape index (κ2) is 14.1. The van der Waals surface area contributed by atoms with E-state index in [1.54, 1.807) is 7.11 Å². The molecule has 0 spiro atoms. The Balaban J connectivity index is 0.00000385. The van der Waals surface area contributed by atoms with E-state index in [0.29, 0.717) is 13.0 Å². The predicted octanol–water partition coefficient (Wildman–Crippen LogP) is 3.81. The SMILES string of the molecule is CCNC(=NCC1CC(=O)N(CCc2ccccc2)C1)NCCc1ccc(C)c(OC)c1.I. The summed E-state index contributed by atoms with van der Waals surface area (Å²) >= 11 is 0. The molecule has 0 aliphatic carbocycles. The monoisotopic (exact) mass is 564 g/mol. The zero-order valence-electron chi connectivity index (χ0n) is 20.0. The smallest absolute Gasteiger partial charge is 0.223 e. The van der Waals surface area contributed by atoms with Gasteiger partial charge in [0.25, 0.3) is 0 Å². The summed E-state index contributed by atoms with van der Waals surface area (Å²) < 4.78 is 5.42. The number of carbonyl (C=O) groups excluding carboxylic acids is 1. The Morgan fingerprint density at radius 3 is 2.64 bits per heavy atom. The minimum absolute atomic E-state index is 0. The van der Waals surface area contributed by atoms with Crippen molar-refractivity contribution < 1.29 is 9.53 Å². The maximum Gasteiger partial charge on any atom is 0.223 e. The van der Waals surface area contributed by atoms with E-state index in [2.05, 4.69) is 47.9 Å². The van der Waals surface area contributed by atoms with Crippen LogP contribution >= 0.6 is 24.0 Å². The Bertz CT molecular complexity index is 904. The van der Waals surface area contributed by atoms with Gasteiger partial charge in [-0.3, -0.25) is 9.79 Å². The number of guanidine groups is 1. The van der Waals surface area contributed by atoms with Crippen LogP contribution in [0.15, 0.2) is 53.5 Å². The Morgan fingerprint density at radius 2 is 1.91 bits per heavy atom. The Hall–Kier alpha value is -2.29. The molecule has 6 nitrogen and oxygen atoms in total. The molecule has 1 amide bonds. The highest BCUT2D eigenvalue weighted by atomic mass is 127. The Labute approximate surface area is 215 Å². The third-order valence-electron chi connectivity index (χ3n) is 5.84. The lowest BCUT2D eigenvalue weighted by Crippen LogP contribution is -2.38. The molecule has 1 unspecified atom stereocenters.